The Hall–Kier alpha value is -2.19. The molecular formula is C15H15NO. The van der Waals surface area contributed by atoms with Gasteiger partial charge in [-0.3, -0.25) is 4.79 Å². The SMILES string of the molecule is C#CCCCCC(=O)Nc1cccc(C#C)c1. The molecular weight excluding hydrogens is 210 g/mol. The zero-order valence-electron chi connectivity index (χ0n) is 9.70. The highest BCUT2D eigenvalue weighted by molar-refractivity contribution is 5.90. The first-order valence-corrected chi connectivity index (χ1v) is 5.56. The topological polar surface area (TPSA) is 29.1 Å². The summed E-state index contributed by atoms with van der Waals surface area (Å²) >= 11 is 0. The van der Waals surface area contributed by atoms with Crippen molar-refractivity contribution in [1.29, 1.82) is 0 Å². The minimum atomic E-state index is -0.00353. The van der Waals surface area contributed by atoms with Crippen molar-refractivity contribution in [3.63, 3.8) is 0 Å². The second-order valence-electron chi connectivity index (χ2n) is 3.68. The standard InChI is InChI=1S/C15H15NO/c1-3-5-6-7-11-15(17)16-14-10-8-9-13(4-2)12-14/h1-2,8-10,12H,5-7,11H2,(H,16,17). The van der Waals surface area contributed by atoms with Gasteiger partial charge in [0.25, 0.3) is 0 Å². The van der Waals surface area contributed by atoms with E-state index in [4.69, 9.17) is 12.8 Å². The first-order valence-electron chi connectivity index (χ1n) is 5.56. The third-order valence-corrected chi connectivity index (χ3v) is 2.29. The molecule has 0 spiro atoms. The number of unbranched alkanes of at least 4 members (excludes halogenated alkanes) is 2. The fraction of sp³-hybridized carbons (Fsp3) is 0.267. The van der Waals surface area contributed by atoms with E-state index in [2.05, 4.69) is 17.2 Å². The van der Waals surface area contributed by atoms with Crippen LogP contribution < -0.4 is 5.32 Å². The molecule has 86 valence electrons. The maximum absolute atomic E-state index is 11.6. The van der Waals surface area contributed by atoms with Crippen molar-refractivity contribution in [2.45, 2.75) is 25.7 Å². The fourth-order valence-corrected chi connectivity index (χ4v) is 1.42. The number of carbonyl (C=O) groups excluding carboxylic acids is 1. The highest BCUT2D eigenvalue weighted by atomic mass is 16.1. The smallest absolute Gasteiger partial charge is 0.224 e. The Bertz CT molecular complexity index is 463. The van der Waals surface area contributed by atoms with Crippen LogP contribution in [-0.2, 0) is 4.79 Å². The number of amides is 1. The van der Waals surface area contributed by atoms with E-state index in [1.165, 1.54) is 0 Å². The molecule has 0 saturated carbocycles. The summed E-state index contributed by atoms with van der Waals surface area (Å²) in [6.45, 7) is 0. The summed E-state index contributed by atoms with van der Waals surface area (Å²) in [6.07, 6.45) is 13.3. The number of carbonyl (C=O) groups is 1. The van der Waals surface area contributed by atoms with E-state index < -0.39 is 0 Å². The summed E-state index contributed by atoms with van der Waals surface area (Å²) < 4.78 is 0. The first kappa shape index (κ1) is 12.9. The van der Waals surface area contributed by atoms with Crippen LogP contribution in [0.4, 0.5) is 5.69 Å². The van der Waals surface area contributed by atoms with E-state index in [9.17, 15) is 4.79 Å². The molecule has 0 aromatic heterocycles. The molecule has 0 atom stereocenters. The molecule has 17 heavy (non-hydrogen) atoms. The number of hydrogen-bond acceptors (Lipinski definition) is 1. The lowest BCUT2D eigenvalue weighted by molar-refractivity contribution is -0.116. The monoisotopic (exact) mass is 225 g/mol. The number of terminal acetylenes is 2. The summed E-state index contributed by atoms with van der Waals surface area (Å²) in [5, 5.41) is 2.81. The van der Waals surface area contributed by atoms with Gasteiger partial charge in [-0.05, 0) is 31.0 Å². The molecule has 1 rings (SSSR count). The maximum atomic E-state index is 11.6. The molecule has 0 saturated heterocycles. The van der Waals surface area contributed by atoms with Crippen LogP contribution in [0.15, 0.2) is 24.3 Å². The molecule has 0 aliphatic heterocycles. The molecule has 2 nitrogen and oxygen atoms in total. The summed E-state index contributed by atoms with van der Waals surface area (Å²) in [6, 6.07) is 7.24. The number of nitrogens with one attached hydrogen (secondary N) is 1. The average Bonchev–Trinajstić information content (AvgIpc) is 2.35. The fourth-order valence-electron chi connectivity index (χ4n) is 1.42. The molecule has 1 aromatic carbocycles. The number of hydrogen-bond donors (Lipinski definition) is 1. The maximum Gasteiger partial charge on any atom is 0.224 e. The zero-order chi connectivity index (χ0) is 12.5. The van der Waals surface area contributed by atoms with Crippen LogP contribution in [0.3, 0.4) is 0 Å². The molecule has 0 unspecified atom stereocenters. The predicted octanol–water partition coefficient (Wildman–Crippen LogP) is 2.80. The summed E-state index contributed by atoms with van der Waals surface area (Å²) in [5.74, 6) is 5.08. The molecule has 1 N–H and O–H groups in total. The van der Waals surface area contributed by atoms with Crippen molar-refractivity contribution >= 4 is 11.6 Å². The third kappa shape index (κ3) is 4.91. The van der Waals surface area contributed by atoms with Crippen molar-refractivity contribution < 1.29 is 4.79 Å². The molecule has 0 aliphatic rings. The Morgan fingerprint density at radius 3 is 2.82 bits per heavy atom. The van der Waals surface area contributed by atoms with Crippen LogP contribution in [0.1, 0.15) is 31.2 Å². The number of anilines is 1. The normalized spacial score (nSPS) is 9.06. The molecule has 2 heteroatoms. The molecule has 1 aromatic rings. The third-order valence-electron chi connectivity index (χ3n) is 2.29. The Morgan fingerprint density at radius 1 is 1.29 bits per heavy atom. The van der Waals surface area contributed by atoms with Crippen molar-refractivity contribution in [2.75, 3.05) is 5.32 Å². The number of benzene rings is 1. The van der Waals surface area contributed by atoms with E-state index in [0.717, 1.165) is 30.5 Å². The summed E-state index contributed by atoms with van der Waals surface area (Å²) in [4.78, 5) is 11.6. The molecule has 0 radical (unpaired) electrons. The largest absolute Gasteiger partial charge is 0.326 e. The van der Waals surface area contributed by atoms with Gasteiger partial charge in [-0.25, -0.2) is 0 Å². The summed E-state index contributed by atoms with van der Waals surface area (Å²) in [5.41, 5.74) is 1.50. The predicted molar refractivity (Wildman–Crippen MR) is 70.3 cm³/mol. The second kappa shape index (κ2) is 7.14. The van der Waals surface area contributed by atoms with Gasteiger partial charge in [0.05, 0.1) is 0 Å². The Morgan fingerprint density at radius 2 is 2.12 bits per heavy atom. The highest BCUT2D eigenvalue weighted by Gasteiger charge is 2.02. The Kier molecular flexibility index (Phi) is 5.41. The minimum Gasteiger partial charge on any atom is -0.326 e. The molecule has 1 amide bonds. The van der Waals surface area contributed by atoms with Crippen molar-refractivity contribution in [1.82, 2.24) is 0 Å². The van der Waals surface area contributed by atoms with Gasteiger partial charge in [-0.2, -0.15) is 0 Å². The van der Waals surface area contributed by atoms with Gasteiger partial charge in [0.1, 0.15) is 0 Å². The second-order valence-corrected chi connectivity index (χ2v) is 3.68. The van der Waals surface area contributed by atoms with Crippen LogP contribution in [-0.4, -0.2) is 5.91 Å². The van der Waals surface area contributed by atoms with E-state index in [1.54, 1.807) is 6.07 Å². The van der Waals surface area contributed by atoms with Crippen LogP contribution in [0.2, 0.25) is 0 Å². The van der Waals surface area contributed by atoms with Crippen LogP contribution >= 0.6 is 0 Å². The van der Waals surface area contributed by atoms with Crippen molar-refractivity contribution in [3.05, 3.63) is 29.8 Å². The van der Waals surface area contributed by atoms with E-state index in [0.29, 0.717) is 6.42 Å². The minimum absolute atomic E-state index is 0.00353. The van der Waals surface area contributed by atoms with Gasteiger partial charge in [-0.1, -0.05) is 12.0 Å². The van der Waals surface area contributed by atoms with Gasteiger partial charge in [0.15, 0.2) is 0 Å². The quantitative estimate of drug-likeness (QED) is 0.606. The average molecular weight is 225 g/mol. The molecule has 0 aliphatic carbocycles. The van der Waals surface area contributed by atoms with Crippen molar-refractivity contribution in [2.24, 2.45) is 0 Å². The Balaban J connectivity index is 2.40. The van der Waals surface area contributed by atoms with Crippen LogP contribution in [0, 0.1) is 24.7 Å². The molecule has 0 bridgehead atoms. The van der Waals surface area contributed by atoms with Crippen LogP contribution in [0.5, 0.6) is 0 Å². The van der Waals surface area contributed by atoms with Gasteiger partial charge in [0.2, 0.25) is 5.91 Å². The van der Waals surface area contributed by atoms with Crippen LogP contribution in [0.25, 0.3) is 0 Å². The van der Waals surface area contributed by atoms with E-state index in [-0.39, 0.29) is 5.91 Å². The van der Waals surface area contributed by atoms with Gasteiger partial charge in [0, 0.05) is 24.1 Å². The zero-order valence-corrected chi connectivity index (χ0v) is 9.70. The first-order chi connectivity index (χ1) is 8.26. The van der Waals surface area contributed by atoms with E-state index in [1.807, 2.05) is 18.2 Å². The van der Waals surface area contributed by atoms with Gasteiger partial charge >= 0.3 is 0 Å². The lowest BCUT2D eigenvalue weighted by Crippen LogP contribution is -2.11. The lowest BCUT2D eigenvalue weighted by Gasteiger charge is -2.05. The summed E-state index contributed by atoms with van der Waals surface area (Å²) in [7, 11) is 0. The van der Waals surface area contributed by atoms with Crippen molar-refractivity contribution in [3.8, 4) is 24.7 Å². The van der Waals surface area contributed by atoms with Gasteiger partial charge in [-0.15, -0.1) is 18.8 Å². The van der Waals surface area contributed by atoms with E-state index >= 15 is 0 Å². The number of rotatable bonds is 5. The Labute approximate surface area is 102 Å². The molecule has 0 heterocycles. The molecule has 0 fully saturated rings. The van der Waals surface area contributed by atoms with Gasteiger partial charge < -0.3 is 5.32 Å². The highest BCUT2D eigenvalue weighted by Crippen LogP contribution is 2.10. The lowest BCUT2D eigenvalue weighted by atomic mass is 10.2.